The fraction of sp³-hybridized carbons (Fsp3) is 0.417. The monoisotopic (exact) mass is 205 g/mol. The average Bonchev–Trinajstić information content (AvgIpc) is 2.78. The Kier molecular flexibility index (Phi) is 3.14. The largest absolute Gasteiger partial charge is 0.357 e. The minimum absolute atomic E-state index is 0.133. The van der Waals surface area contributed by atoms with Crippen LogP contribution in [0.1, 0.15) is 24.3 Å². The quantitative estimate of drug-likeness (QED) is 0.759. The maximum atomic E-state index is 10.5. The van der Waals surface area contributed by atoms with Gasteiger partial charge in [-0.05, 0) is 17.5 Å². The SMILES string of the molecule is CCc1ccc(C2NC(C=O)CO2)cc1. The van der Waals surface area contributed by atoms with Crippen molar-refractivity contribution in [3.63, 3.8) is 0 Å². The number of aldehydes is 1. The second-order valence-electron chi connectivity index (χ2n) is 3.72. The molecule has 80 valence electrons. The molecule has 1 fully saturated rings. The number of rotatable bonds is 3. The first kappa shape index (κ1) is 10.3. The van der Waals surface area contributed by atoms with Crippen LogP contribution in [-0.4, -0.2) is 18.9 Å². The number of nitrogens with one attached hydrogen (secondary N) is 1. The smallest absolute Gasteiger partial charge is 0.139 e. The predicted molar refractivity (Wildman–Crippen MR) is 57.5 cm³/mol. The normalized spacial score (nSPS) is 25.4. The molecule has 1 N–H and O–H groups in total. The van der Waals surface area contributed by atoms with Crippen molar-refractivity contribution < 1.29 is 9.53 Å². The number of aryl methyl sites for hydroxylation is 1. The minimum atomic E-state index is -0.166. The van der Waals surface area contributed by atoms with Crippen LogP contribution in [0.15, 0.2) is 24.3 Å². The van der Waals surface area contributed by atoms with Crippen LogP contribution in [0.4, 0.5) is 0 Å². The third-order valence-corrected chi connectivity index (χ3v) is 2.66. The molecule has 2 unspecified atom stereocenters. The fourth-order valence-corrected chi connectivity index (χ4v) is 1.69. The van der Waals surface area contributed by atoms with Gasteiger partial charge in [0.15, 0.2) is 0 Å². The second-order valence-corrected chi connectivity index (χ2v) is 3.72. The molecule has 0 spiro atoms. The zero-order valence-corrected chi connectivity index (χ0v) is 8.77. The van der Waals surface area contributed by atoms with Gasteiger partial charge in [-0.3, -0.25) is 5.32 Å². The van der Waals surface area contributed by atoms with E-state index in [-0.39, 0.29) is 12.3 Å². The predicted octanol–water partition coefficient (Wildman–Crippen LogP) is 1.43. The average molecular weight is 205 g/mol. The summed E-state index contributed by atoms with van der Waals surface area (Å²) in [6.45, 7) is 2.59. The van der Waals surface area contributed by atoms with E-state index >= 15 is 0 Å². The molecule has 1 heterocycles. The van der Waals surface area contributed by atoms with Crippen LogP contribution in [0.25, 0.3) is 0 Å². The summed E-state index contributed by atoms with van der Waals surface area (Å²) in [5.74, 6) is 0. The molecule has 0 radical (unpaired) electrons. The van der Waals surface area contributed by atoms with Crippen LogP contribution in [-0.2, 0) is 16.0 Å². The Morgan fingerprint density at radius 2 is 2.20 bits per heavy atom. The highest BCUT2D eigenvalue weighted by Gasteiger charge is 2.24. The van der Waals surface area contributed by atoms with Gasteiger partial charge in [-0.2, -0.15) is 0 Å². The lowest BCUT2D eigenvalue weighted by molar-refractivity contribution is -0.109. The Bertz CT molecular complexity index is 334. The molecule has 0 amide bonds. The summed E-state index contributed by atoms with van der Waals surface area (Å²) < 4.78 is 5.47. The van der Waals surface area contributed by atoms with Crippen LogP contribution in [0.2, 0.25) is 0 Å². The number of hydrogen-bond acceptors (Lipinski definition) is 3. The molecule has 0 bridgehead atoms. The van der Waals surface area contributed by atoms with E-state index in [1.807, 2.05) is 12.1 Å². The summed E-state index contributed by atoms with van der Waals surface area (Å²) in [6.07, 6.45) is 1.79. The maximum absolute atomic E-state index is 10.5. The standard InChI is InChI=1S/C12H15NO2/c1-2-9-3-5-10(6-4-9)12-13-11(7-14)8-15-12/h3-7,11-13H,2,8H2,1H3. The van der Waals surface area contributed by atoms with Crippen molar-refractivity contribution in [3.8, 4) is 0 Å². The summed E-state index contributed by atoms with van der Waals surface area (Å²) in [4.78, 5) is 10.5. The summed E-state index contributed by atoms with van der Waals surface area (Å²) in [5, 5.41) is 3.10. The Morgan fingerprint density at radius 3 is 2.73 bits per heavy atom. The highest BCUT2D eigenvalue weighted by Crippen LogP contribution is 2.20. The van der Waals surface area contributed by atoms with Gasteiger partial charge >= 0.3 is 0 Å². The number of carbonyl (C=O) groups is 1. The zero-order chi connectivity index (χ0) is 10.7. The summed E-state index contributed by atoms with van der Waals surface area (Å²) in [6, 6.07) is 8.11. The summed E-state index contributed by atoms with van der Waals surface area (Å²) in [5.41, 5.74) is 2.39. The van der Waals surface area contributed by atoms with Gasteiger partial charge in [0.2, 0.25) is 0 Å². The summed E-state index contributed by atoms with van der Waals surface area (Å²) >= 11 is 0. The first-order valence-electron chi connectivity index (χ1n) is 5.25. The Labute approximate surface area is 89.4 Å². The molecule has 0 aliphatic carbocycles. The first-order valence-corrected chi connectivity index (χ1v) is 5.25. The van der Waals surface area contributed by atoms with Crippen molar-refractivity contribution in [1.29, 1.82) is 0 Å². The van der Waals surface area contributed by atoms with E-state index in [0.717, 1.165) is 18.3 Å². The molecular formula is C12H15NO2. The van der Waals surface area contributed by atoms with Gasteiger partial charge in [0.25, 0.3) is 0 Å². The summed E-state index contributed by atoms with van der Waals surface area (Å²) in [7, 11) is 0. The Hall–Kier alpha value is -1.19. The topological polar surface area (TPSA) is 38.3 Å². The molecule has 1 aromatic rings. The van der Waals surface area contributed by atoms with Crippen LogP contribution >= 0.6 is 0 Å². The Morgan fingerprint density at radius 1 is 1.47 bits per heavy atom. The van der Waals surface area contributed by atoms with Gasteiger partial charge < -0.3 is 9.53 Å². The van der Waals surface area contributed by atoms with E-state index in [0.29, 0.717) is 6.61 Å². The minimum Gasteiger partial charge on any atom is -0.357 e. The lowest BCUT2D eigenvalue weighted by atomic mass is 10.1. The molecule has 15 heavy (non-hydrogen) atoms. The van der Waals surface area contributed by atoms with Crippen LogP contribution < -0.4 is 5.32 Å². The molecule has 1 aliphatic heterocycles. The number of ether oxygens (including phenoxy) is 1. The van der Waals surface area contributed by atoms with Crippen LogP contribution in [0.5, 0.6) is 0 Å². The van der Waals surface area contributed by atoms with Crippen molar-refractivity contribution in [2.45, 2.75) is 25.6 Å². The van der Waals surface area contributed by atoms with Crippen LogP contribution in [0, 0.1) is 0 Å². The van der Waals surface area contributed by atoms with Crippen LogP contribution in [0.3, 0.4) is 0 Å². The van der Waals surface area contributed by atoms with Crippen molar-refractivity contribution >= 4 is 6.29 Å². The van der Waals surface area contributed by atoms with Gasteiger partial charge in [-0.25, -0.2) is 0 Å². The molecule has 1 aliphatic rings. The van der Waals surface area contributed by atoms with Gasteiger partial charge in [-0.15, -0.1) is 0 Å². The van der Waals surface area contributed by atoms with Crippen molar-refractivity contribution in [3.05, 3.63) is 35.4 Å². The highest BCUT2D eigenvalue weighted by molar-refractivity contribution is 5.58. The fourth-order valence-electron chi connectivity index (χ4n) is 1.69. The first-order chi connectivity index (χ1) is 7.33. The lowest BCUT2D eigenvalue weighted by Gasteiger charge is -2.10. The van der Waals surface area contributed by atoms with Gasteiger partial charge in [0, 0.05) is 0 Å². The molecular weight excluding hydrogens is 190 g/mol. The molecule has 2 atom stereocenters. The Balaban J connectivity index is 2.07. The molecule has 1 aromatic carbocycles. The molecule has 3 heteroatoms. The highest BCUT2D eigenvalue weighted by atomic mass is 16.5. The van der Waals surface area contributed by atoms with Gasteiger partial charge in [0.05, 0.1) is 12.6 Å². The van der Waals surface area contributed by atoms with E-state index < -0.39 is 0 Å². The molecule has 0 saturated carbocycles. The molecule has 1 saturated heterocycles. The maximum Gasteiger partial charge on any atom is 0.139 e. The van der Waals surface area contributed by atoms with Crippen molar-refractivity contribution in [2.24, 2.45) is 0 Å². The van der Waals surface area contributed by atoms with Crippen molar-refractivity contribution in [2.75, 3.05) is 6.61 Å². The lowest BCUT2D eigenvalue weighted by Crippen LogP contribution is -2.26. The molecule has 3 nitrogen and oxygen atoms in total. The van der Waals surface area contributed by atoms with Crippen molar-refractivity contribution in [1.82, 2.24) is 5.32 Å². The van der Waals surface area contributed by atoms with Gasteiger partial charge in [0.1, 0.15) is 12.5 Å². The number of hydrogen-bond donors (Lipinski definition) is 1. The number of carbonyl (C=O) groups excluding carboxylic acids is 1. The van der Waals surface area contributed by atoms with Gasteiger partial charge in [-0.1, -0.05) is 31.2 Å². The van der Waals surface area contributed by atoms with E-state index in [1.165, 1.54) is 5.56 Å². The second kappa shape index (κ2) is 4.55. The third-order valence-electron chi connectivity index (χ3n) is 2.66. The van der Waals surface area contributed by atoms with E-state index in [1.54, 1.807) is 0 Å². The third kappa shape index (κ3) is 2.25. The molecule has 2 rings (SSSR count). The number of benzene rings is 1. The van der Waals surface area contributed by atoms with E-state index in [4.69, 9.17) is 4.74 Å². The zero-order valence-electron chi connectivity index (χ0n) is 8.77. The van der Waals surface area contributed by atoms with E-state index in [9.17, 15) is 4.79 Å². The van der Waals surface area contributed by atoms with E-state index in [2.05, 4.69) is 24.4 Å². The molecule has 0 aromatic heterocycles.